The molecule has 0 aliphatic heterocycles. The first-order chi connectivity index (χ1) is 12.6. The van der Waals surface area contributed by atoms with Crippen LogP contribution in [0.5, 0.6) is 0 Å². The second kappa shape index (κ2) is 8.20. The Morgan fingerprint density at radius 3 is 2.73 bits per heavy atom. The fourth-order valence-corrected chi connectivity index (χ4v) is 3.40. The van der Waals surface area contributed by atoms with Gasteiger partial charge in [0.15, 0.2) is 0 Å². The molecule has 1 aromatic heterocycles. The molecule has 0 saturated heterocycles. The van der Waals surface area contributed by atoms with Crippen LogP contribution in [0.2, 0.25) is 0 Å². The predicted octanol–water partition coefficient (Wildman–Crippen LogP) is 5.71. The maximum absolute atomic E-state index is 10.7. The van der Waals surface area contributed by atoms with Crippen molar-refractivity contribution in [2.45, 2.75) is 13.3 Å². The summed E-state index contributed by atoms with van der Waals surface area (Å²) in [5, 5.41) is 17.8. The van der Waals surface area contributed by atoms with Crippen molar-refractivity contribution in [1.29, 1.82) is 0 Å². The molecule has 0 bridgehead atoms. The minimum atomic E-state index is -0.416. The van der Waals surface area contributed by atoms with E-state index in [9.17, 15) is 10.1 Å². The van der Waals surface area contributed by atoms with Crippen LogP contribution < -0.4 is 5.43 Å². The number of aromatic nitrogens is 1. The van der Waals surface area contributed by atoms with E-state index >= 15 is 0 Å². The van der Waals surface area contributed by atoms with E-state index in [0.29, 0.717) is 5.13 Å². The summed E-state index contributed by atoms with van der Waals surface area (Å²) in [5.41, 5.74) is 6.62. The highest BCUT2D eigenvalue weighted by molar-refractivity contribution is 9.10. The predicted molar refractivity (Wildman–Crippen MR) is 109 cm³/mol. The van der Waals surface area contributed by atoms with Crippen molar-refractivity contribution in [3.8, 4) is 11.3 Å². The smallest absolute Gasteiger partial charge is 0.258 e. The summed E-state index contributed by atoms with van der Waals surface area (Å²) in [5.74, 6) is 0. The van der Waals surface area contributed by atoms with E-state index in [2.05, 4.69) is 31.4 Å². The molecule has 3 rings (SSSR count). The number of nitrogens with one attached hydrogen (secondary N) is 1. The Labute approximate surface area is 162 Å². The first kappa shape index (κ1) is 18.2. The zero-order valence-electron chi connectivity index (χ0n) is 13.8. The van der Waals surface area contributed by atoms with Crippen molar-refractivity contribution in [3.63, 3.8) is 0 Å². The summed E-state index contributed by atoms with van der Waals surface area (Å²) < 4.78 is 1.01. The largest absolute Gasteiger partial charge is 0.269 e. The number of thiazole rings is 1. The Morgan fingerprint density at radius 2 is 2.08 bits per heavy atom. The lowest BCUT2D eigenvalue weighted by molar-refractivity contribution is -0.384. The molecule has 2 aromatic carbocycles. The van der Waals surface area contributed by atoms with Crippen LogP contribution in [0.3, 0.4) is 0 Å². The summed E-state index contributed by atoms with van der Waals surface area (Å²) in [6, 6.07) is 14.3. The average Bonchev–Trinajstić information content (AvgIpc) is 3.11. The first-order valence-corrected chi connectivity index (χ1v) is 9.53. The normalized spacial score (nSPS) is 11.4. The molecule has 0 aliphatic rings. The third-order valence-electron chi connectivity index (χ3n) is 3.66. The van der Waals surface area contributed by atoms with Crippen LogP contribution in [0, 0.1) is 10.1 Å². The van der Waals surface area contributed by atoms with Gasteiger partial charge in [0, 0.05) is 27.5 Å². The number of benzene rings is 2. The van der Waals surface area contributed by atoms with Crippen molar-refractivity contribution in [1.82, 2.24) is 4.98 Å². The number of halogens is 1. The zero-order chi connectivity index (χ0) is 18.5. The molecule has 1 N–H and O–H groups in total. The van der Waals surface area contributed by atoms with Gasteiger partial charge in [-0.05, 0) is 36.2 Å². The highest BCUT2D eigenvalue weighted by Crippen LogP contribution is 2.26. The Hall–Kier alpha value is -2.58. The minimum Gasteiger partial charge on any atom is -0.258 e. The van der Waals surface area contributed by atoms with E-state index in [0.717, 1.165) is 33.4 Å². The van der Waals surface area contributed by atoms with E-state index in [-0.39, 0.29) is 5.69 Å². The zero-order valence-corrected chi connectivity index (χ0v) is 16.3. The van der Waals surface area contributed by atoms with Gasteiger partial charge < -0.3 is 0 Å². The summed E-state index contributed by atoms with van der Waals surface area (Å²) in [4.78, 5) is 14.8. The number of hydrazone groups is 1. The molecule has 0 unspecified atom stereocenters. The lowest BCUT2D eigenvalue weighted by atomic mass is 10.1. The molecule has 0 amide bonds. The van der Waals surface area contributed by atoms with Crippen LogP contribution in [0.4, 0.5) is 10.8 Å². The fraction of sp³-hybridized carbons (Fsp3) is 0.111. The van der Waals surface area contributed by atoms with Crippen molar-refractivity contribution < 1.29 is 4.92 Å². The van der Waals surface area contributed by atoms with Gasteiger partial charge in [0.1, 0.15) is 0 Å². The van der Waals surface area contributed by atoms with Crippen LogP contribution >= 0.6 is 27.3 Å². The molecular formula is C18H15BrN4O2S. The summed E-state index contributed by atoms with van der Waals surface area (Å²) in [7, 11) is 0. The van der Waals surface area contributed by atoms with Gasteiger partial charge in [0.25, 0.3) is 5.69 Å². The maximum atomic E-state index is 10.7. The molecule has 0 atom stereocenters. The van der Waals surface area contributed by atoms with E-state index in [1.54, 1.807) is 12.1 Å². The van der Waals surface area contributed by atoms with E-state index < -0.39 is 4.92 Å². The van der Waals surface area contributed by atoms with Gasteiger partial charge in [0.05, 0.1) is 16.3 Å². The fourth-order valence-electron chi connectivity index (χ4n) is 2.34. The number of non-ortho nitro benzene ring substituents is 1. The Kier molecular flexibility index (Phi) is 5.75. The number of rotatable bonds is 6. The molecule has 132 valence electrons. The second-order valence-corrected chi connectivity index (χ2v) is 7.15. The monoisotopic (exact) mass is 430 g/mol. The Balaban J connectivity index is 1.76. The number of nitro groups is 1. The molecule has 8 heteroatoms. The molecule has 0 spiro atoms. The van der Waals surface area contributed by atoms with Gasteiger partial charge in [-0.3, -0.25) is 15.5 Å². The molecule has 6 nitrogen and oxygen atoms in total. The third-order valence-corrected chi connectivity index (χ3v) is 4.90. The van der Waals surface area contributed by atoms with Crippen molar-refractivity contribution >= 4 is 43.8 Å². The highest BCUT2D eigenvalue weighted by Gasteiger charge is 2.08. The quantitative estimate of drug-likeness (QED) is 0.308. The maximum Gasteiger partial charge on any atom is 0.269 e. The molecule has 0 fully saturated rings. The number of anilines is 1. The van der Waals surface area contributed by atoms with Crippen LogP contribution in [0.25, 0.3) is 11.3 Å². The van der Waals surface area contributed by atoms with Crippen LogP contribution in [-0.4, -0.2) is 15.6 Å². The van der Waals surface area contributed by atoms with Crippen molar-refractivity contribution in [2.24, 2.45) is 5.10 Å². The van der Waals surface area contributed by atoms with Gasteiger partial charge in [-0.25, -0.2) is 4.98 Å². The number of nitro benzene ring substituents is 1. The molecule has 0 saturated carbocycles. The van der Waals surface area contributed by atoms with Gasteiger partial charge in [-0.1, -0.05) is 35.0 Å². The third kappa shape index (κ3) is 4.33. The van der Waals surface area contributed by atoms with Gasteiger partial charge >= 0.3 is 0 Å². The van der Waals surface area contributed by atoms with Gasteiger partial charge in [-0.15, -0.1) is 11.3 Å². The van der Waals surface area contributed by atoms with Crippen molar-refractivity contribution in [3.05, 3.63) is 74.1 Å². The lowest BCUT2D eigenvalue weighted by Gasteiger charge is -2.04. The van der Waals surface area contributed by atoms with Crippen molar-refractivity contribution in [2.75, 3.05) is 5.43 Å². The Morgan fingerprint density at radius 1 is 1.31 bits per heavy atom. The standard InChI is InChI=1S/C18H15BrN4O2S/c1-2-16(13-4-3-5-14(19)10-13)21-22-18-20-17(11-26-18)12-6-8-15(9-7-12)23(24)25/h3-11H,2H2,1H3,(H,20,22)/b21-16+. The van der Waals surface area contributed by atoms with Crippen LogP contribution in [0.1, 0.15) is 18.9 Å². The second-order valence-electron chi connectivity index (χ2n) is 5.38. The van der Waals surface area contributed by atoms with Crippen LogP contribution in [0.15, 0.2) is 63.5 Å². The van der Waals surface area contributed by atoms with E-state index in [1.165, 1.54) is 23.5 Å². The molecule has 0 aliphatic carbocycles. The summed E-state index contributed by atoms with van der Waals surface area (Å²) >= 11 is 4.90. The minimum absolute atomic E-state index is 0.0635. The number of hydrogen-bond acceptors (Lipinski definition) is 6. The average molecular weight is 431 g/mol. The SMILES string of the molecule is CC/C(=N\Nc1nc(-c2ccc([N+](=O)[O-])cc2)cs1)c1cccc(Br)c1. The topological polar surface area (TPSA) is 80.4 Å². The molecule has 1 heterocycles. The molecule has 3 aromatic rings. The summed E-state index contributed by atoms with van der Waals surface area (Å²) in [6.07, 6.45) is 0.782. The number of hydrogen-bond donors (Lipinski definition) is 1. The lowest BCUT2D eigenvalue weighted by Crippen LogP contribution is -2.03. The van der Waals surface area contributed by atoms with Crippen LogP contribution in [-0.2, 0) is 0 Å². The van der Waals surface area contributed by atoms with Gasteiger partial charge in [-0.2, -0.15) is 5.10 Å². The first-order valence-electron chi connectivity index (χ1n) is 7.85. The highest BCUT2D eigenvalue weighted by atomic mass is 79.9. The molecule has 0 radical (unpaired) electrons. The molecule has 26 heavy (non-hydrogen) atoms. The van der Waals surface area contributed by atoms with E-state index in [1.807, 2.05) is 36.6 Å². The molecular weight excluding hydrogens is 416 g/mol. The number of nitrogens with zero attached hydrogens (tertiary/aromatic N) is 3. The van der Waals surface area contributed by atoms with Gasteiger partial charge in [0.2, 0.25) is 5.13 Å². The Bertz CT molecular complexity index is 954. The summed E-state index contributed by atoms with van der Waals surface area (Å²) in [6.45, 7) is 2.05. The van der Waals surface area contributed by atoms with E-state index in [4.69, 9.17) is 0 Å².